The fourth-order valence-corrected chi connectivity index (χ4v) is 4.78. The maximum absolute atomic E-state index is 13.0. The predicted molar refractivity (Wildman–Crippen MR) is 140 cm³/mol. The summed E-state index contributed by atoms with van der Waals surface area (Å²) in [5, 5.41) is 3.38. The van der Waals surface area contributed by atoms with Gasteiger partial charge in [0.25, 0.3) is 15.9 Å². The minimum Gasteiger partial charge on any atom is -0.456 e. The molecular weight excluding hydrogens is 577 g/mol. The molecule has 0 saturated heterocycles. The van der Waals surface area contributed by atoms with Crippen molar-refractivity contribution in [3.8, 4) is 11.5 Å². The van der Waals surface area contributed by atoms with Gasteiger partial charge in [0, 0.05) is 11.2 Å². The smallest absolute Gasteiger partial charge is 0.261 e. The summed E-state index contributed by atoms with van der Waals surface area (Å²) in [4.78, 5) is 16.9. The lowest BCUT2D eigenvalue weighted by molar-refractivity contribution is 0.102. The van der Waals surface area contributed by atoms with Gasteiger partial charge in [0.2, 0.25) is 0 Å². The maximum atomic E-state index is 13.0. The highest BCUT2D eigenvalue weighted by atomic mass is 79.9. The summed E-state index contributed by atoms with van der Waals surface area (Å²) in [5.74, 6) is 0.285. The van der Waals surface area contributed by atoms with E-state index >= 15 is 0 Å². The molecule has 1 amide bonds. The lowest BCUT2D eigenvalue weighted by Crippen LogP contribution is -2.19. The van der Waals surface area contributed by atoms with E-state index in [0.29, 0.717) is 26.8 Å². The molecule has 178 valence electrons. The van der Waals surface area contributed by atoms with Gasteiger partial charge in [-0.05, 0) is 82.7 Å². The highest BCUT2D eigenvalue weighted by molar-refractivity contribution is 9.10. The number of nitrogens with zero attached hydrogens (tertiary/aromatic N) is 1. The lowest BCUT2D eigenvalue weighted by atomic mass is 10.1. The molecule has 4 aromatic rings. The van der Waals surface area contributed by atoms with Gasteiger partial charge in [0.15, 0.2) is 0 Å². The SMILES string of the molecule is O=C(Nc1cccnc1Br)c1cc(Cl)ccc1NS(=O)(=O)c1ccc(Oc2ccccc2Cl)cc1. The van der Waals surface area contributed by atoms with Crippen LogP contribution in [0.4, 0.5) is 11.4 Å². The average Bonchev–Trinajstić information content (AvgIpc) is 2.83. The van der Waals surface area contributed by atoms with Gasteiger partial charge in [-0.1, -0.05) is 35.3 Å². The van der Waals surface area contributed by atoms with Crippen molar-refractivity contribution in [3.63, 3.8) is 0 Å². The minimum atomic E-state index is -4.04. The van der Waals surface area contributed by atoms with Crippen LogP contribution in [0.15, 0.2) is 94.6 Å². The van der Waals surface area contributed by atoms with Gasteiger partial charge in [0.05, 0.1) is 26.9 Å². The standard InChI is InChI=1S/C24H16BrCl2N3O4S/c25-23-21(5-3-13-28-23)29-24(31)18-14-15(26)7-12-20(18)30-35(32,33)17-10-8-16(9-11-17)34-22-6-2-1-4-19(22)27/h1-14,30H,(H,29,31). The van der Waals surface area contributed by atoms with Crippen molar-refractivity contribution in [2.24, 2.45) is 0 Å². The number of hydrogen-bond acceptors (Lipinski definition) is 5. The molecule has 0 aliphatic rings. The third-order valence-electron chi connectivity index (χ3n) is 4.68. The second kappa shape index (κ2) is 10.7. The van der Waals surface area contributed by atoms with Gasteiger partial charge in [-0.25, -0.2) is 13.4 Å². The van der Waals surface area contributed by atoms with Crippen LogP contribution in [0.2, 0.25) is 10.0 Å². The molecule has 7 nitrogen and oxygen atoms in total. The molecule has 0 fully saturated rings. The predicted octanol–water partition coefficient (Wildman–Crippen LogP) is 7.00. The summed E-state index contributed by atoms with van der Waals surface area (Å²) >= 11 is 15.4. The Balaban J connectivity index is 1.56. The van der Waals surface area contributed by atoms with Crippen LogP contribution in [0.3, 0.4) is 0 Å². The molecular formula is C24H16BrCl2N3O4S. The number of nitrogens with one attached hydrogen (secondary N) is 2. The van der Waals surface area contributed by atoms with E-state index in [-0.39, 0.29) is 21.2 Å². The molecule has 0 bridgehead atoms. The van der Waals surface area contributed by atoms with E-state index in [1.807, 2.05) is 0 Å². The van der Waals surface area contributed by atoms with E-state index in [2.05, 4.69) is 31.0 Å². The van der Waals surface area contributed by atoms with Gasteiger partial charge in [-0.3, -0.25) is 9.52 Å². The van der Waals surface area contributed by atoms with Gasteiger partial charge >= 0.3 is 0 Å². The van der Waals surface area contributed by atoms with Crippen molar-refractivity contribution < 1.29 is 17.9 Å². The highest BCUT2D eigenvalue weighted by Crippen LogP contribution is 2.30. The third kappa shape index (κ3) is 6.12. The number of aromatic nitrogens is 1. The van der Waals surface area contributed by atoms with Crippen molar-refractivity contribution >= 4 is 66.4 Å². The summed E-state index contributed by atoms with van der Waals surface area (Å²) in [5.41, 5.74) is 0.513. The minimum absolute atomic E-state index is 0.0275. The first-order valence-electron chi connectivity index (χ1n) is 9.99. The zero-order valence-electron chi connectivity index (χ0n) is 17.7. The average molecular weight is 593 g/mol. The van der Waals surface area contributed by atoms with Crippen LogP contribution in [-0.4, -0.2) is 19.3 Å². The third-order valence-corrected chi connectivity index (χ3v) is 7.24. The van der Waals surface area contributed by atoms with E-state index in [1.54, 1.807) is 42.6 Å². The largest absolute Gasteiger partial charge is 0.456 e. The number of pyridine rings is 1. The molecule has 0 aliphatic carbocycles. The second-order valence-electron chi connectivity index (χ2n) is 7.10. The summed E-state index contributed by atoms with van der Waals surface area (Å²) < 4.78 is 34.7. The first-order chi connectivity index (χ1) is 16.7. The number of carbonyl (C=O) groups is 1. The number of para-hydroxylation sites is 1. The monoisotopic (exact) mass is 591 g/mol. The Labute approximate surface area is 220 Å². The molecule has 1 heterocycles. The quantitative estimate of drug-likeness (QED) is 0.225. The van der Waals surface area contributed by atoms with Gasteiger partial charge in [0.1, 0.15) is 16.1 Å². The Bertz CT molecular complexity index is 1500. The van der Waals surface area contributed by atoms with Crippen LogP contribution in [0.5, 0.6) is 11.5 Å². The molecule has 4 rings (SSSR count). The Hall–Kier alpha value is -3.11. The number of hydrogen-bond donors (Lipinski definition) is 2. The van der Waals surface area contributed by atoms with Crippen molar-refractivity contribution in [2.75, 3.05) is 10.0 Å². The van der Waals surface area contributed by atoms with E-state index in [9.17, 15) is 13.2 Å². The van der Waals surface area contributed by atoms with Crippen LogP contribution < -0.4 is 14.8 Å². The Morgan fingerprint density at radius 2 is 1.66 bits per heavy atom. The second-order valence-corrected chi connectivity index (χ2v) is 10.4. The Morgan fingerprint density at radius 1 is 0.914 bits per heavy atom. The highest BCUT2D eigenvalue weighted by Gasteiger charge is 2.20. The molecule has 0 spiro atoms. The first kappa shape index (κ1) is 25.0. The zero-order valence-corrected chi connectivity index (χ0v) is 21.6. The Morgan fingerprint density at radius 3 is 2.37 bits per heavy atom. The van der Waals surface area contributed by atoms with Crippen molar-refractivity contribution in [2.45, 2.75) is 4.90 Å². The van der Waals surface area contributed by atoms with Crippen molar-refractivity contribution in [1.29, 1.82) is 0 Å². The van der Waals surface area contributed by atoms with Crippen LogP contribution in [-0.2, 0) is 10.0 Å². The Kier molecular flexibility index (Phi) is 7.61. The van der Waals surface area contributed by atoms with Gasteiger partial charge in [-0.15, -0.1) is 0 Å². The number of sulfonamides is 1. The molecule has 1 aromatic heterocycles. The fraction of sp³-hybridized carbons (Fsp3) is 0. The number of halogens is 3. The number of anilines is 2. The lowest BCUT2D eigenvalue weighted by Gasteiger charge is -2.14. The maximum Gasteiger partial charge on any atom is 0.261 e. The van der Waals surface area contributed by atoms with E-state index in [1.165, 1.54) is 42.5 Å². The molecule has 0 saturated carbocycles. The molecule has 35 heavy (non-hydrogen) atoms. The van der Waals surface area contributed by atoms with E-state index in [4.69, 9.17) is 27.9 Å². The number of amides is 1. The molecule has 0 atom stereocenters. The molecule has 2 N–H and O–H groups in total. The van der Waals surface area contributed by atoms with E-state index < -0.39 is 15.9 Å². The van der Waals surface area contributed by atoms with Crippen LogP contribution in [0.1, 0.15) is 10.4 Å². The summed E-state index contributed by atoms with van der Waals surface area (Å²) in [6, 6.07) is 20.3. The number of rotatable bonds is 7. The summed E-state index contributed by atoms with van der Waals surface area (Å²) in [6.07, 6.45) is 1.56. The molecule has 3 aromatic carbocycles. The van der Waals surface area contributed by atoms with Crippen LogP contribution in [0.25, 0.3) is 0 Å². The molecule has 0 unspecified atom stereocenters. The summed E-state index contributed by atoms with van der Waals surface area (Å²) in [7, 11) is -4.04. The fourth-order valence-electron chi connectivity index (χ4n) is 3.01. The molecule has 11 heteroatoms. The zero-order chi connectivity index (χ0) is 25.0. The number of benzene rings is 3. The topological polar surface area (TPSA) is 97.4 Å². The molecule has 0 radical (unpaired) electrons. The normalized spacial score (nSPS) is 11.1. The summed E-state index contributed by atoms with van der Waals surface area (Å²) in [6.45, 7) is 0. The van der Waals surface area contributed by atoms with Crippen molar-refractivity contribution in [3.05, 3.63) is 105 Å². The van der Waals surface area contributed by atoms with Crippen LogP contribution >= 0.6 is 39.1 Å². The van der Waals surface area contributed by atoms with E-state index in [0.717, 1.165) is 0 Å². The number of carbonyl (C=O) groups excluding carboxylic acids is 1. The first-order valence-corrected chi connectivity index (χ1v) is 13.0. The molecule has 0 aliphatic heterocycles. The van der Waals surface area contributed by atoms with Gasteiger partial charge < -0.3 is 10.1 Å². The number of ether oxygens (including phenoxy) is 1. The van der Waals surface area contributed by atoms with Crippen molar-refractivity contribution in [1.82, 2.24) is 4.98 Å². The van der Waals surface area contributed by atoms with Crippen LogP contribution in [0, 0.1) is 0 Å². The van der Waals surface area contributed by atoms with Gasteiger partial charge in [-0.2, -0.15) is 0 Å².